The normalized spacial score (nSPS) is 10.4. The Hall–Kier alpha value is -1.88. The van der Waals surface area contributed by atoms with E-state index < -0.39 is 0 Å². The fourth-order valence-electron chi connectivity index (χ4n) is 1.36. The highest BCUT2D eigenvalue weighted by Crippen LogP contribution is 2.07. The van der Waals surface area contributed by atoms with Crippen molar-refractivity contribution in [2.24, 2.45) is 0 Å². The minimum Gasteiger partial charge on any atom is -0.492 e. The highest BCUT2D eigenvalue weighted by molar-refractivity contribution is 5.20. The molecule has 90 valence electrons. The SMILES string of the molecule is Cc1nnc(CNCCOc2ccccc2)o1. The largest absolute Gasteiger partial charge is 0.492 e. The van der Waals surface area contributed by atoms with Gasteiger partial charge in [0.2, 0.25) is 11.8 Å². The molecule has 0 aliphatic heterocycles. The number of para-hydroxylation sites is 1. The molecular weight excluding hydrogens is 218 g/mol. The number of ether oxygens (including phenoxy) is 1. The van der Waals surface area contributed by atoms with Gasteiger partial charge < -0.3 is 14.5 Å². The van der Waals surface area contributed by atoms with Gasteiger partial charge in [-0.1, -0.05) is 18.2 Å². The highest BCUT2D eigenvalue weighted by atomic mass is 16.5. The van der Waals surface area contributed by atoms with E-state index in [0.717, 1.165) is 12.3 Å². The lowest BCUT2D eigenvalue weighted by atomic mass is 10.3. The molecule has 0 atom stereocenters. The number of benzene rings is 1. The van der Waals surface area contributed by atoms with Gasteiger partial charge in [-0.3, -0.25) is 0 Å². The van der Waals surface area contributed by atoms with Gasteiger partial charge >= 0.3 is 0 Å². The molecule has 0 aliphatic rings. The fourth-order valence-corrected chi connectivity index (χ4v) is 1.36. The Labute approximate surface area is 99.8 Å². The van der Waals surface area contributed by atoms with Crippen LogP contribution in [0, 0.1) is 6.92 Å². The van der Waals surface area contributed by atoms with E-state index in [1.54, 1.807) is 6.92 Å². The van der Waals surface area contributed by atoms with E-state index in [9.17, 15) is 0 Å². The van der Waals surface area contributed by atoms with Crippen LogP contribution in [0.3, 0.4) is 0 Å². The molecule has 0 amide bonds. The highest BCUT2D eigenvalue weighted by Gasteiger charge is 2.00. The summed E-state index contributed by atoms with van der Waals surface area (Å²) in [5.74, 6) is 2.06. The number of nitrogens with one attached hydrogen (secondary N) is 1. The van der Waals surface area contributed by atoms with Crippen LogP contribution in [0.25, 0.3) is 0 Å². The average molecular weight is 233 g/mol. The second kappa shape index (κ2) is 6.00. The van der Waals surface area contributed by atoms with Crippen LogP contribution in [0.15, 0.2) is 34.7 Å². The molecule has 2 aromatic rings. The molecule has 0 unspecified atom stereocenters. The molecule has 5 nitrogen and oxygen atoms in total. The van der Waals surface area contributed by atoms with E-state index in [1.165, 1.54) is 0 Å². The van der Waals surface area contributed by atoms with Crippen molar-refractivity contribution in [3.63, 3.8) is 0 Å². The van der Waals surface area contributed by atoms with Crippen molar-refractivity contribution in [1.82, 2.24) is 15.5 Å². The molecular formula is C12H15N3O2. The van der Waals surface area contributed by atoms with Crippen LogP contribution >= 0.6 is 0 Å². The Balaban J connectivity index is 1.61. The van der Waals surface area contributed by atoms with Gasteiger partial charge in [-0.2, -0.15) is 0 Å². The molecule has 1 N–H and O–H groups in total. The van der Waals surface area contributed by atoms with Crippen LogP contribution in [0.4, 0.5) is 0 Å². The molecule has 0 saturated carbocycles. The Morgan fingerprint density at radius 2 is 2.06 bits per heavy atom. The first-order valence-corrected chi connectivity index (χ1v) is 5.52. The lowest BCUT2D eigenvalue weighted by Gasteiger charge is -2.05. The quantitative estimate of drug-likeness (QED) is 0.767. The third kappa shape index (κ3) is 3.88. The number of hydrogen-bond donors (Lipinski definition) is 1. The predicted octanol–water partition coefficient (Wildman–Crippen LogP) is 1.55. The second-order valence-corrected chi connectivity index (χ2v) is 3.55. The lowest BCUT2D eigenvalue weighted by Crippen LogP contribution is -2.20. The summed E-state index contributed by atoms with van der Waals surface area (Å²) in [6, 6.07) is 9.72. The van der Waals surface area contributed by atoms with E-state index >= 15 is 0 Å². The predicted molar refractivity (Wildman–Crippen MR) is 62.7 cm³/mol. The molecule has 17 heavy (non-hydrogen) atoms. The number of hydrogen-bond acceptors (Lipinski definition) is 5. The molecule has 0 saturated heterocycles. The molecule has 0 bridgehead atoms. The van der Waals surface area contributed by atoms with Crippen LogP contribution in [-0.4, -0.2) is 23.3 Å². The van der Waals surface area contributed by atoms with Gasteiger partial charge in [0.15, 0.2) is 0 Å². The maximum atomic E-state index is 5.52. The first-order valence-electron chi connectivity index (χ1n) is 5.52. The van der Waals surface area contributed by atoms with Crippen LogP contribution in [0.1, 0.15) is 11.8 Å². The first kappa shape index (κ1) is 11.6. The maximum absolute atomic E-state index is 5.52. The van der Waals surface area contributed by atoms with E-state index in [0.29, 0.717) is 24.9 Å². The number of aromatic nitrogens is 2. The van der Waals surface area contributed by atoms with Gasteiger partial charge in [0.25, 0.3) is 0 Å². The fraction of sp³-hybridized carbons (Fsp3) is 0.333. The number of aryl methyl sites for hydroxylation is 1. The summed E-state index contributed by atoms with van der Waals surface area (Å²) in [4.78, 5) is 0. The van der Waals surface area contributed by atoms with Gasteiger partial charge in [0, 0.05) is 13.5 Å². The summed E-state index contributed by atoms with van der Waals surface area (Å²) in [6.07, 6.45) is 0. The van der Waals surface area contributed by atoms with Crippen molar-refractivity contribution >= 4 is 0 Å². The Kier molecular flexibility index (Phi) is 4.10. The smallest absolute Gasteiger partial charge is 0.230 e. The van der Waals surface area contributed by atoms with Gasteiger partial charge in [-0.15, -0.1) is 10.2 Å². The second-order valence-electron chi connectivity index (χ2n) is 3.55. The Morgan fingerprint density at radius 1 is 1.24 bits per heavy atom. The Morgan fingerprint density at radius 3 is 2.76 bits per heavy atom. The van der Waals surface area contributed by atoms with Crippen molar-refractivity contribution in [2.75, 3.05) is 13.2 Å². The minimum atomic E-state index is 0.568. The lowest BCUT2D eigenvalue weighted by molar-refractivity contribution is 0.310. The molecule has 0 fully saturated rings. The summed E-state index contributed by atoms with van der Waals surface area (Å²) in [5.41, 5.74) is 0. The van der Waals surface area contributed by atoms with Crippen LogP contribution in [0.5, 0.6) is 5.75 Å². The van der Waals surface area contributed by atoms with E-state index in [1.807, 2.05) is 30.3 Å². The van der Waals surface area contributed by atoms with Crippen LogP contribution in [-0.2, 0) is 6.54 Å². The topological polar surface area (TPSA) is 60.2 Å². The summed E-state index contributed by atoms with van der Waals surface area (Å²) in [5, 5.41) is 10.8. The number of nitrogens with zero attached hydrogens (tertiary/aromatic N) is 2. The third-order valence-corrected chi connectivity index (χ3v) is 2.13. The average Bonchev–Trinajstić information content (AvgIpc) is 2.76. The molecule has 1 heterocycles. The third-order valence-electron chi connectivity index (χ3n) is 2.13. The summed E-state index contributed by atoms with van der Waals surface area (Å²) in [6.45, 7) is 3.68. The first-order chi connectivity index (χ1) is 8.34. The molecule has 2 rings (SSSR count). The monoisotopic (exact) mass is 233 g/mol. The summed E-state index contributed by atoms with van der Waals surface area (Å²) < 4.78 is 10.7. The van der Waals surface area contributed by atoms with E-state index in [2.05, 4.69) is 15.5 Å². The zero-order valence-corrected chi connectivity index (χ0v) is 9.72. The van der Waals surface area contributed by atoms with Gasteiger partial charge in [-0.05, 0) is 12.1 Å². The molecule has 0 radical (unpaired) electrons. The van der Waals surface area contributed by atoms with Crippen molar-refractivity contribution in [1.29, 1.82) is 0 Å². The van der Waals surface area contributed by atoms with Crippen molar-refractivity contribution in [3.8, 4) is 5.75 Å². The molecule has 1 aromatic heterocycles. The van der Waals surface area contributed by atoms with Crippen LogP contribution in [0.2, 0.25) is 0 Å². The minimum absolute atomic E-state index is 0.568. The van der Waals surface area contributed by atoms with E-state index in [4.69, 9.17) is 9.15 Å². The van der Waals surface area contributed by atoms with Gasteiger partial charge in [0.05, 0.1) is 6.54 Å². The van der Waals surface area contributed by atoms with Gasteiger partial charge in [-0.25, -0.2) is 0 Å². The van der Waals surface area contributed by atoms with Crippen LogP contribution < -0.4 is 10.1 Å². The standard InChI is InChI=1S/C12H15N3O2/c1-10-14-15-12(17-10)9-13-7-8-16-11-5-3-2-4-6-11/h2-6,13H,7-9H2,1H3. The summed E-state index contributed by atoms with van der Waals surface area (Å²) >= 11 is 0. The number of rotatable bonds is 6. The van der Waals surface area contributed by atoms with Crippen molar-refractivity contribution in [3.05, 3.63) is 42.1 Å². The zero-order valence-electron chi connectivity index (χ0n) is 9.72. The molecule has 5 heteroatoms. The maximum Gasteiger partial charge on any atom is 0.230 e. The van der Waals surface area contributed by atoms with Gasteiger partial charge in [0.1, 0.15) is 12.4 Å². The van der Waals surface area contributed by atoms with Crippen molar-refractivity contribution < 1.29 is 9.15 Å². The zero-order chi connectivity index (χ0) is 11.9. The van der Waals surface area contributed by atoms with E-state index in [-0.39, 0.29) is 0 Å². The Bertz CT molecular complexity index is 442. The van der Waals surface area contributed by atoms with Crippen molar-refractivity contribution in [2.45, 2.75) is 13.5 Å². The summed E-state index contributed by atoms with van der Waals surface area (Å²) in [7, 11) is 0. The molecule has 1 aromatic carbocycles. The molecule has 0 spiro atoms. The molecule has 0 aliphatic carbocycles.